The first-order chi connectivity index (χ1) is 8.24. The molecule has 4 nitrogen and oxygen atoms in total. The van der Waals surface area contributed by atoms with Gasteiger partial charge >= 0.3 is 0 Å². The Morgan fingerprint density at radius 1 is 1.47 bits per heavy atom. The molecule has 1 atom stereocenters. The van der Waals surface area contributed by atoms with Crippen molar-refractivity contribution in [3.63, 3.8) is 0 Å². The van der Waals surface area contributed by atoms with Crippen LogP contribution in [0.2, 0.25) is 0 Å². The minimum atomic E-state index is 0.222. The predicted molar refractivity (Wildman–Crippen MR) is 72.4 cm³/mol. The summed E-state index contributed by atoms with van der Waals surface area (Å²) in [4.78, 5) is 14.2. The SMILES string of the molecule is CN1CCC(NC(=O)CC2CSCCN2)CC1. The Morgan fingerprint density at radius 2 is 2.24 bits per heavy atom. The summed E-state index contributed by atoms with van der Waals surface area (Å²) in [6.45, 7) is 3.24. The molecule has 1 unspecified atom stereocenters. The van der Waals surface area contributed by atoms with Crippen molar-refractivity contribution in [3.05, 3.63) is 0 Å². The number of nitrogens with one attached hydrogen (secondary N) is 2. The molecule has 0 aromatic carbocycles. The van der Waals surface area contributed by atoms with E-state index >= 15 is 0 Å². The van der Waals surface area contributed by atoms with Crippen molar-refractivity contribution in [1.82, 2.24) is 15.5 Å². The number of nitrogens with zero attached hydrogens (tertiary/aromatic N) is 1. The van der Waals surface area contributed by atoms with Crippen molar-refractivity contribution in [2.24, 2.45) is 0 Å². The number of thioether (sulfide) groups is 1. The molecule has 0 radical (unpaired) electrons. The maximum atomic E-state index is 11.9. The fourth-order valence-corrected chi connectivity index (χ4v) is 3.36. The number of likely N-dealkylation sites (tertiary alicyclic amines) is 1. The predicted octanol–water partition coefficient (Wildman–Crippen LogP) is 0.292. The van der Waals surface area contributed by atoms with Crippen molar-refractivity contribution < 1.29 is 4.79 Å². The lowest BCUT2D eigenvalue weighted by Gasteiger charge is -2.30. The quantitative estimate of drug-likeness (QED) is 0.763. The highest BCUT2D eigenvalue weighted by atomic mass is 32.2. The summed E-state index contributed by atoms with van der Waals surface area (Å²) < 4.78 is 0. The number of rotatable bonds is 3. The van der Waals surface area contributed by atoms with Gasteiger partial charge in [-0.25, -0.2) is 0 Å². The topological polar surface area (TPSA) is 44.4 Å². The summed E-state index contributed by atoms with van der Waals surface area (Å²) in [6.07, 6.45) is 2.82. The highest BCUT2D eigenvalue weighted by molar-refractivity contribution is 7.99. The van der Waals surface area contributed by atoms with Gasteiger partial charge in [0, 0.05) is 36.6 Å². The van der Waals surface area contributed by atoms with E-state index in [2.05, 4.69) is 22.6 Å². The highest BCUT2D eigenvalue weighted by Crippen LogP contribution is 2.12. The molecule has 2 aliphatic rings. The number of carbonyl (C=O) groups excluding carboxylic acids is 1. The first kappa shape index (κ1) is 13.2. The molecule has 2 heterocycles. The molecular formula is C12H23N3OS. The molecular weight excluding hydrogens is 234 g/mol. The van der Waals surface area contributed by atoms with E-state index in [1.54, 1.807) is 0 Å². The average molecular weight is 257 g/mol. The van der Waals surface area contributed by atoms with Gasteiger partial charge < -0.3 is 15.5 Å². The van der Waals surface area contributed by atoms with Crippen LogP contribution in [0.3, 0.4) is 0 Å². The number of hydrogen-bond acceptors (Lipinski definition) is 4. The van der Waals surface area contributed by atoms with E-state index in [-0.39, 0.29) is 5.91 Å². The van der Waals surface area contributed by atoms with Crippen LogP contribution >= 0.6 is 11.8 Å². The lowest BCUT2D eigenvalue weighted by atomic mass is 10.1. The van der Waals surface area contributed by atoms with Gasteiger partial charge in [-0.1, -0.05) is 0 Å². The molecule has 2 fully saturated rings. The molecule has 2 aliphatic heterocycles. The number of amides is 1. The van der Waals surface area contributed by atoms with E-state index < -0.39 is 0 Å². The Kier molecular flexibility index (Phi) is 5.13. The van der Waals surface area contributed by atoms with Crippen LogP contribution in [0.25, 0.3) is 0 Å². The normalized spacial score (nSPS) is 27.9. The van der Waals surface area contributed by atoms with Gasteiger partial charge in [0.1, 0.15) is 0 Å². The third kappa shape index (κ3) is 4.48. The van der Waals surface area contributed by atoms with E-state index in [0.29, 0.717) is 18.5 Å². The Bertz CT molecular complexity index is 248. The van der Waals surface area contributed by atoms with Crippen molar-refractivity contribution >= 4 is 17.7 Å². The van der Waals surface area contributed by atoms with Crippen molar-refractivity contribution in [1.29, 1.82) is 0 Å². The first-order valence-electron chi connectivity index (χ1n) is 6.53. The van der Waals surface area contributed by atoms with Gasteiger partial charge in [-0.15, -0.1) is 0 Å². The molecule has 0 saturated carbocycles. The van der Waals surface area contributed by atoms with Gasteiger partial charge in [0.15, 0.2) is 0 Å². The molecule has 2 saturated heterocycles. The van der Waals surface area contributed by atoms with Gasteiger partial charge in [-0.2, -0.15) is 11.8 Å². The fraction of sp³-hybridized carbons (Fsp3) is 0.917. The molecule has 98 valence electrons. The number of hydrogen-bond donors (Lipinski definition) is 2. The van der Waals surface area contributed by atoms with Gasteiger partial charge in [-0.3, -0.25) is 4.79 Å². The summed E-state index contributed by atoms with van der Waals surface area (Å²) in [5.74, 6) is 2.47. The van der Waals surface area contributed by atoms with Crippen molar-refractivity contribution in [3.8, 4) is 0 Å². The average Bonchev–Trinajstić information content (AvgIpc) is 2.33. The third-order valence-electron chi connectivity index (χ3n) is 3.51. The maximum absolute atomic E-state index is 11.9. The van der Waals surface area contributed by atoms with E-state index in [1.807, 2.05) is 11.8 Å². The largest absolute Gasteiger partial charge is 0.353 e. The van der Waals surface area contributed by atoms with Crippen molar-refractivity contribution in [2.45, 2.75) is 31.3 Å². The first-order valence-corrected chi connectivity index (χ1v) is 7.68. The van der Waals surface area contributed by atoms with Gasteiger partial charge in [0.25, 0.3) is 0 Å². The molecule has 17 heavy (non-hydrogen) atoms. The third-order valence-corrected chi connectivity index (χ3v) is 4.64. The maximum Gasteiger partial charge on any atom is 0.221 e. The minimum Gasteiger partial charge on any atom is -0.353 e. The minimum absolute atomic E-state index is 0.222. The van der Waals surface area contributed by atoms with Crippen LogP contribution in [0.1, 0.15) is 19.3 Å². The second-order valence-corrected chi connectivity index (χ2v) is 6.22. The van der Waals surface area contributed by atoms with Crippen molar-refractivity contribution in [2.75, 3.05) is 38.2 Å². The van der Waals surface area contributed by atoms with E-state index in [4.69, 9.17) is 0 Å². The molecule has 2 N–H and O–H groups in total. The molecule has 0 bridgehead atoms. The lowest BCUT2D eigenvalue weighted by Crippen LogP contribution is -2.46. The zero-order valence-electron chi connectivity index (χ0n) is 10.6. The number of piperidine rings is 1. The summed E-state index contributed by atoms with van der Waals surface area (Å²) >= 11 is 1.94. The summed E-state index contributed by atoms with van der Waals surface area (Å²) in [6, 6.07) is 0.773. The Labute approximate surface area is 108 Å². The van der Waals surface area contributed by atoms with Gasteiger partial charge in [0.05, 0.1) is 0 Å². The smallest absolute Gasteiger partial charge is 0.221 e. The molecule has 0 aliphatic carbocycles. The van der Waals surface area contributed by atoms with Crippen LogP contribution in [-0.4, -0.2) is 61.1 Å². The van der Waals surface area contributed by atoms with Crippen LogP contribution in [0.4, 0.5) is 0 Å². The highest BCUT2D eigenvalue weighted by Gasteiger charge is 2.21. The van der Waals surface area contributed by atoms with E-state index in [1.165, 1.54) is 5.75 Å². The summed E-state index contributed by atoms with van der Waals surface area (Å²) in [5.41, 5.74) is 0. The molecule has 1 amide bonds. The Morgan fingerprint density at radius 3 is 2.88 bits per heavy atom. The molecule has 0 spiro atoms. The second kappa shape index (κ2) is 6.61. The monoisotopic (exact) mass is 257 g/mol. The van der Waals surface area contributed by atoms with Gasteiger partial charge in [0.2, 0.25) is 5.91 Å². The molecule has 0 aromatic rings. The summed E-state index contributed by atoms with van der Waals surface area (Å²) in [5, 5.41) is 6.58. The number of carbonyl (C=O) groups is 1. The molecule has 5 heteroatoms. The van der Waals surface area contributed by atoms with E-state index in [9.17, 15) is 4.79 Å². The van der Waals surface area contributed by atoms with Crippen LogP contribution < -0.4 is 10.6 Å². The van der Waals surface area contributed by atoms with Crippen LogP contribution in [-0.2, 0) is 4.79 Å². The summed E-state index contributed by atoms with van der Waals surface area (Å²) in [7, 11) is 2.14. The van der Waals surface area contributed by atoms with Gasteiger partial charge in [-0.05, 0) is 33.0 Å². The zero-order valence-corrected chi connectivity index (χ0v) is 11.4. The Balaban J connectivity index is 1.66. The van der Waals surface area contributed by atoms with Crippen LogP contribution in [0.5, 0.6) is 0 Å². The lowest BCUT2D eigenvalue weighted by molar-refractivity contribution is -0.122. The van der Waals surface area contributed by atoms with Crippen LogP contribution in [0.15, 0.2) is 0 Å². The van der Waals surface area contributed by atoms with E-state index in [0.717, 1.165) is 38.2 Å². The molecule has 2 rings (SSSR count). The second-order valence-electron chi connectivity index (χ2n) is 5.08. The fourth-order valence-electron chi connectivity index (χ4n) is 2.41. The Hall–Kier alpha value is -0.260. The van der Waals surface area contributed by atoms with Crippen LogP contribution in [0, 0.1) is 0 Å². The standard InChI is InChI=1S/C12H23N3OS/c1-15-5-2-10(3-6-15)14-12(16)8-11-9-17-7-4-13-11/h10-11,13H,2-9H2,1H3,(H,14,16). The molecule has 0 aromatic heterocycles. The zero-order chi connectivity index (χ0) is 12.1.